The van der Waals surface area contributed by atoms with Crippen LogP contribution in [0.4, 0.5) is 4.79 Å². The highest BCUT2D eigenvalue weighted by Gasteiger charge is 2.42. The van der Waals surface area contributed by atoms with E-state index in [4.69, 9.17) is 0 Å². The monoisotopic (exact) mass is 317 g/mol. The van der Waals surface area contributed by atoms with E-state index < -0.39 is 5.54 Å². The van der Waals surface area contributed by atoms with Gasteiger partial charge in [-0.3, -0.25) is 0 Å². The van der Waals surface area contributed by atoms with Crippen molar-refractivity contribution in [2.24, 2.45) is 4.40 Å². The van der Waals surface area contributed by atoms with Crippen LogP contribution in [-0.2, 0) is 6.42 Å². The number of hydrogen-bond donors (Lipinski definition) is 3. The highest BCUT2D eigenvalue weighted by Crippen LogP contribution is 2.24. The van der Waals surface area contributed by atoms with Gasteiger partial charge < -0.3 is 16.0 Å². The van der Waals surface area contributed by atoms with Gasteiger partial charge in [0.1, 0.15) is 6.07 Å². The average molecular weight is 317 g/mol. The maximum absolute atomic E-state index is 11.5. The van der Waals surface area contributed by atoms with Crippen LogP contribution in [0.15, 0.2) is 34.7 Å². The molecule has 0 saturated carbocycles. The number of aryl methyl sites for hydroxylation is 1. The van der Waals surface area contributed by atoms with Crippen molar-refractivity contribution in [3.8, 4) is 6.07 Å². The van der Waals surface area contributed by atoms with Crippen molar-refractivity contribution in [2.75, 3.05) is 19.3 Å². The normalized spacial score (nSPS) is 19.9. The Balaban J connectivity index is 1.86. The number of carbonyl (C=O) groups is 1. The number of benzene rings is 1. The summed E-state index contributed by atoms with van der Waals surface area (Å²) in [5.74, 6) is 0.939. The summed E-state index contributed by atoms with van der Waals surface area (Å²) >= 11 is 1.28. The van der Waals surface area contributed by atoms with Crippen molar-refractivity contribution < 1.29 is 4.79 Å². The summed E-state index contributed by atoms with van der Waals surface area (Å²) < 4.78 is 4.25. The number of nitrogens with one attached hydrogen (secondary N) is 3. The van der Waals surface area contributed by atoms with Gasteiger partial charge in [-0.1, -0.05) is 30.3 Å². The first-order valence-corrected chi connectivity index (χ1v) is 8.04. The lowest BCUT2D eigenvalue weighted by atomic mass is 10.0. The number of hydrogen-bond acceptors (Lipinski definition) is 5. The zero-order valence-corrected chi connectivity index (χ0v) is 13.2. The fraction of sp³-hybridized carbons (Fsp3) is 0.400. The summed E-state index contributed by atoms with van der Waals surface area (Å²) in [5, 5.41) is 17.8. The average Bonchev–Trinajstić information content (AvgIpc) is 2.95. The summed E-state index contributed by atoms with van der Waals surface area (Å²) in [6.07, 6.45) is 1.88. The van der Waals surface area contributed by atoms with Gasteiger partial charge in [0.05, 0.1) is 5.75 Å². The van der Waals surface area contributed by atoms with Crippen molar-refractivity contribution in [3.63, 3.8) is 0 Å². The van der Waals surface area contributed by atoms with Crippen LogP contribution in [0.2, 0.25) is 0 Å². The Labute approximate surface area is 134 Å². The van der Waals surface area contributed by atoms with E-state index >= 15 is 0 Å². The first-order valence-electron chi connectivity index (χ1n) is 7.09. The summed E-state index contributed by atoms with van der Waals surface area (Å²) in [6.45, 7) is 0.702. The van der Waals surface area contributed by atoms with Crippen LogP contribution in [0.25, 0.3) is 0 Å². The number of urea groups is 1. The maximum atomic E-state index is 11.5. The standard InChI is InChI=1S/C15H19N5OS/c1-17-14(21)19-15(10-16)11-22-20-13(15)18-9-5-8-12-6-3-2-4-7-12/h2-4,6-7H,5,8-9,11H2,1H3,(H,18,20)(H2,17,19,21). The van der Waals surface area contributed by atoms with Crippen molar-refractivity contribution >= 4 is 23.8 Å². The van der Waals surface area contributed by atoms with Gasteiger partial charge in [-0.15, -0.1) is 0 Å². The molecule has 1 heterocycles. The molecule has 22 heavy (non-hydrogen) atoms. The molecule has 116 valence electrons. The first-order chi connectivity index (χ1) is 10.7. The third-order valence-corrected chi connectivity index (χ3v) is 4.24. The third-order valence-electron chi connectivity index (χ3n) is 3.36. The number of rotatable bonds is 5. The lowest BCUT2D eigenvalue weighted by Gasteiger charge is -2.24. The zero-order valence-electron chi connectivity index (χ0n) is 12.4. The molecule has 2 rings (SSSR count). The molecule has 0 spiro atoms. The lowest BCUT2D eigenvalue weighted by Crippen LogP contribution is -2.59. The fourth-order valence-corrected chi connectivity index (χ4v) is 3.01. The highest BCUT2D eigenvalue weighted by atomic mass is 32.2. The van der Waals surface area contributed by atoms with E-state index in [1.54, 1.807) is 0 Å². The Kier molecular flexibility index (Phi) is 5.67. The molecule has 3 N–H and O–H groups in total. The molecule has 6 nitrogen and oxygen atoms in total. The molecule has 0 aliphatic carbocycles. The second kappa shape index (κ2) is 7.71. The molecular weight excluding hydrogens is 298 g/mol. The van der Waals surface area contributed by atoms with Gasteiger partial charge in [0, 0.05) is 13.6 Å². The summed E-state index contributed by atoms with van der Waals surface area (Å²) in [7, 11) is 1.52. The van der Waals surface area contributed by atoms with Crippen LogP contribution >= 0.6 is 11.9 Å². The number of carbonyl (C=O) groups excluding carboxylic acids is 1. The van der Waals surface area contributed by atoms with E-state index in [0.717, 1.165) is 12.8 Å². The zero-order chi connectivity index (χ0) is 15.8. The minimum absolute atomic E-state index is 0.386. The van der Waals surface area contributed by atoms with Crippen LogP contribution in [0.5, 0.6) is 0 Å². The highest BCUT2D eigenvalue weighted by molar-refractivity contribution is 7.98. The van der Waals surface area contributed by atoms with Gasteiger partial charge in [-0.25, -0.2) is 4.79 Å². The Bertz CT molecular complexity index is 583. The van der Waals surface area contributed by atoms with Gasteiger partial charge in [-0.05, 0) is 30.4 Å². The molecule has 0 radical (unpaired) electrons. The van der Waals surface area contributed by atoms with E-state index in [9.17, 15) is 10.1 Å². The lowest BCUT2D eigenvalue weighted by molar-refractivity contribution is 0.240. The molecule has 7 heteroatoms. The quantitative estimate of drug-likeness (QED) is 0.566. The van der Waals surface area contributed by atoms with Crippen LogP contribution in [-0.4, -0.2) is 36.8 Å². The predicted molar refractivity (Wildman–Crippen MR) is 88.6 cm³/mol. The van der Waals surface area contributed by atoms with Gasteiger partial charge in [0.15, 0.2) is 11.4 Å². The summed E-state index contributed by atoms with van der Waals surface area (Å²) in [4.78, 5) is 11.5. The predicted octanol–water partition coefficient (Wildman–Crippen LogP) is 1.46. The molecule has 0 fully saturated rings. The van der Waals surface area contributed by atoms with Gasteiger partial charge >= 0.3 is 6.03 Å². The molecule has 1 atom stereocenters. The number of nitriles is 1. The second-order valence-electron chi connectivity index (χ2n) is 4.95. The largest absolute Gasteiger partial charge is 0.370 e. The van der Waals surface area contributed by atoms with Crippen molar-refractivity contribution in [1.29, 1.82) is 5.26 Å². The Hall–Kier alpha value is -2.20. The molecular formula is C15H19N5OS. The molecule has 0 saturated heterocycles. The Morgan fingerprint density at radius 3 is 2.91 bits per heavy atom. The van der Waals surface area contributed by atoms with Crippen LogP contribution < -0.4 is 16.0 Å². The number of amides is 2. The first kappa shape index (κ1) is 16.2. The van der Waals surface area contributed by atoms with Crippen molar-refractivity contribution in [2.45, 2.75) is 18.4 Å². The van der Waals surface area contributed by atoms with Crippen LogP contribution in [0.1, 0.15) is 12.0 Å². The van der Waals surface area contributed by atoms with E-state index in [2.05, 4.69) is 38.6 Å². The molecule has 0 bridgehead atoms. The van der Waals surface area contributed by atoms with E-state index in [1.807, 2.05) is 18.2 Å². The number of amidine groups is 1. The SMILES string of the molecule is CNC(=O)NC1(C#N)CSN=C1NCCCc1ccccc1. The molecule has 0 aromatic heterocycles. The molecule has 1 aliphatic heterocycles. The Morgan fingerprint density at radius 2 is 2.23 bits per heavy atom. The number of nitrogens with zero attached hydrogens (tertiary/aromatic N) is 2. The van der Waals surface area contributed by atoms with E-state index in [0.29, 0.717) is 18.1 Å². The molecule has 1 aromatic carbocycles. The van der Waals surface area contributed by atoms with Crippen LogP contribution in [0.3, 0.4) is 0 Å². The summed E-state index contributed by atoms with van der Waals surface area (Å²) in [6, 6.07) is 12.0. The molecule has 2 amide bonds. The minimum atomic E-state index is -1.07. The molecule has 1 aliphatic rings. The van der Waals surface area contributed by atoms with Crippen molar-refractivity contribution in [1.82, 2.24) is 16.0 Å². The minimum Gasteiger partial charge on any atom is -0.370 e. The maximum Gasteiger partial charge on any atom is 0.316 e. The van der Waals surface area contributed by atoms with Gasteiger partial charge in [0.2, 0.25) is 0 Å². The van der Waals surface area contributed by atoms with Gasteiger partial charge in [0.25, 0.3) is 0 Å². The van der Waals surface area contributed by atoms with E-state index in [-0.39, 0.29) is 6.03 Å². The summed E-state index contributed by atoms with van der Waals surface area (Å²) in [5.41, 5.74) is 0.208. The Morgan fingerprint density at radius 1 is 1.45 bits per heavy atom. The van der Waals surface area contributed by atoms with Crippen LogP contribution in [0, 0.1) is 11.3 Å². The van der Waals surface area contributed by atoms with Crippen molar-refractivity contribution in [3.05, 3.63) is 35.9 Å². The van der Waals surface area contributed by atoms with E-state index in [1.165, 1.54) is 24.6 Å². The molecule has 1 aromatic rings. The van der Waals surface area contributed by atoms with Gasteiger partial charge in [-0.2, -0.15) is 9.66 Å². The molecule has 1 unspecified atom stereocenters. The smallest absolute Gasteiger partial charge is 0.316 e. The third kappa shape index (κ3) is 3.92. The topological polar surface area (TPSA) is 89.3 Å². The fourth-order valence-electron chi connectivity index (χ4n) is 2.13. The second-order valence-corrected chi connectivity index (χ2v) is 5.68.